The van der Waals surface area contributed by atoms with Crippen LogP contribution < -0.4 is 15.5 Å². The van der Waals surface area contributed by atoms with Crippen molar-refractivity contribution in [2.75, 3.05) is 16.8 Å². The number of nitrogens with one attached hydrogen (secondary N) is 2. The smallest absolute Gasteiger partial charge is 0.253 e. The molecule has 1 saturated heterocycles. The molecule has 0 aliphatic carbocycles. The summed E-state index contributed by atoms with van der Waals surface area (Å²) in [6, 6.07) is 15.6. The highest BCUT2D eigenvalue weighted by atomic mass is 35.5. The molecule has 0 spiro atoms. The van der Waals surface area contributed by atoms with E-state index in [1.807, 2.05) is 13.0 Å². The van der Waals surface area contributed by atoms with Gasteiger partial charge in [0.1, 0.15) is 5.76 Å². The number of hydrogen-bond acceptors (Lipinski definition) is 4. The third-order valence-corrected chi connectivity index (χ3v) is 5.87. The van der Waals surface area contributed by atoms with Gasteiger partial charge in [-0.25, -0.2) is 0 Å². The molecule has 1 atom stereocenters. The topological polar surface area (TPSA) is 91.7 Å². The van der Waals surface area contributed by atoms with Gasteiger partial charge in [-0.15, -0.1) is 0 Å². The minimum Gasteiger partial charge on any atom is -0.467 e. The first-order valence-corrected chi connectivity index (χ1v) is 10.6. The molecule has 0 saturated carbocycles. The molecule has 0 unspecified atom stereocenters. The second kappa shape index (κ2) is 9.28. The number of amides is 3. The predicted molar refractivity (Wildman–Crippen MR) is 122 cm³/mol. The molecule has 1 aromatic heterocycles. The number of rotatable bonds is 6. The van der Waals surface area contributed by atoms with Gasteiger partial charge in [-0.2, -0.15) is 0 Å². The van der Waals surface area contributed by atoms with Gasteiger partial charge in [0.05, 0.1) is 30.0 Å². The largest absolute Gasteiger partial charge is 0.467 e. The average molecular weight is 452 g/mol. The Bertz CT molecular complexity index is 1160. The summed E-state index contributed by atoms with van der Waals surface area (Å²) in [5.74, 6) is -0.705. The lowest BCUT2D eigenvalue weighted by Gasteiger charge is -2.20. The summed E-state index contributed by atoms with van der Waals surface area (Å²) >= 11 is 6.19. The van der Waals surface area contributed by atoms with Crippen molar-refractivity contribution in [2.45, 2.75) is 19.9 Å². The van der Waals surface area contributed by atoms with E-state index in [-0.39, 0.29) is 37.2 Å². The van der Waals surface area contributed by atoms with Gasteiger partial charge in [0, 0.05) is 23.7 Å². The number of carbonyl (C=O) groups excluding carboxylic acids is 3. The van der Waals surface area contributed by atoms with E-state index >= 15 is 0 Å². The number of halogens is 1. The Balaban J connectivity index is 1.45. The van der Waals surface area contributed by atoms with Crippen molar-refractivity contribution in [3.05, 3.63) is 82.8 Å². The number of benzene rings is 2. The Labute approximate surface area is 190 Å². The molecule has 2 N–H and O–H groups in total. The molecule has 3 amide bonds. The summed E-state index contributed by atoms with van der Waals surface area (Å²) in [5.41, 5.74) is 2.22. The number of nitrogens with zero attached hydrogens (tertiary/aromatic N) is 1. The fraction of sp³-hybridized carbons (Fsp3) is 0.208. The molecule has 2 heterocycles. The average Bonchev–Trinajstić information content (AvgIpc) is 3.44. The molecular formula is C24H22ClN3O4. The predicted octanol–water partition coefficient (Wildman–Crippen LogP) is 4.16. The van der Waals surface area contributed by atoms with Crippen LogP contribution in [0, 0.1) is 12.8 Å². The zero-order valence-corrected chi connectivity index (χ0v) is 18.2. The van der Waals surface area contributed by atoms with Crippen LogP contribution in [0.4, 0.5) is 11.4 Å². The molecule has 1 aliphatic rings. The first-order chi connectivity index (χ1) is 15.4. The van der Waals surface area contributed by atoms with Gasteiger partial charge in [-0.05, 0) is 48.9 Å². The Morgan fingerprint density at radius 3 is 2.72 bits per heavy atom. The van der Waals surface area contributed by atoms with Gasteiger partial charge < -0.3 is 20.0 Å². The number of furan rings is 1. The number of anilines is 2. The Morgan fingerprint density at radius 1 is 1.12 bits per heavy atom. The van der Waals surface area contributed by atoms with E-state index in [0.29, 0.717) is 27.7 Å². The minimum absolute atomic E-state index is 0.0879. The summed E-state index contributed by atoms with van der Waals surface area (Å²) in [6.45, 7) is 2.33. The summed E-state index contributed by atoms with van der Waals surface area (Å²) in [6.07, 6.45) is 1.62. The van der Waals surface area contributed by atoms with Crippen LogP contribution in [0.5, 0.6) is 0 Å². The fourth-order valence-corrected chi connectivity index (χ4v) is 3.87. The van der Waals surface area contributed by atoms with E-state index in [4.69, 9.17) is 16.0 Å². The molecule has 3 aromatic rings. The molecule has 7 nitrogen and oxygen atoms in total. The number of hydrogen-bond donors (Lipinski definition) is 2. The van der Waals surface area contributed by atoms with Gasteiger partial charge >= 0.3 is 0 Å². The van der Waals surface area contributed by atoms with E-state index in [1.54, 1.807) is 53.4 Å². The lowest BCUT2D eigenvalue weighted by atomic mass is 10.1. The number of carbonyl (C=O) groups is 3. The molecule has 0 radical (unpaired) electrons. The van der Waals surface area contributed by atoms with Gasteiger partial charge in [0.25, 0.3) is 5.91 Å². The molecule has 0 bridgehead atoms. The Hall–Kier alpha value is -3.58. The third-order valence-electron chi connectivity index (χ3n) is 5.46. The molecule has 164 valence electrons. The van der Waals surface area contributed by atoms with E-state index in [9.17, 15) is 14.4 Å². The van der Waals surface area contributed by atoms with Crippen LogP contribution in [0.25, 0.3) is 0 Å². The molecule has 1 aliphatic heterocycles. The SMILES string of the molecule is Cc1c(Cl)cccc1N1C[C@H](C(=O)Nc2ccccc2C(=O)NCc2ccco2)CC1=O. The minimum atomic E-state index is -0.542. The van der Waals surface area contributed by atoms with Crippen LogP contribution in [0.1, 0.15) is 28.1 Å². The lowest BCUT2D eigenvalue weighted by Crippen LogP contribution is -2.29. The molecule has 2 aromatic carbocycles. The zero-order valence-electron chi connectivity index (χ0n) is 17.4. The van der Waals surface area contributed by atoms with Crippen molar-refractivity contribution >= 4 is 40.7 Å². The van der Waals surface area contributed by atoms with Gasteiger partial charge in [0.2, 0.25) is 11.8 Å². The second-order valence-corrected chi connectivity index (χ2v) is 7.99. The standard InChI is InChI=1S/C24H22ClN3O4/c1-15-19(25)8-4-10-21(15)28-14-16(12-22(28)29)23(30)27-20-9-3-2-7-18(20)24(31)26-13-17-6-5-11-32-17/h2-11,16H,12-14H2,1H3,(H,26,31)(H,27,30)/t16-/m1/s1. The van der Waals surface area contributed by atoms with Crippen LogP contribution in [-0.4, -0.2) is 24.3 Å². The van der Waals surface area contributed by atoms with Crippen molar-refractivity contribution in [1.82, 2.24) is 5.32 Å². The van der Waals surface area contributed by atoms with E-state index in [0.717, 1.165) is 5.56 Å². The highest BCUT2D eigenvalue weighted by Crippen LogP contribution is 2.32. The van der Waals surface area contributed by atoms with Crippen LogP contribution in [0.15, 0.2) is 65.3 Å². The quantitative estimate of drug-likeness (QED) is 0.588. The van der Waals surface area contributed by atoms with Crippen molar-refractivity contribution < 1.29 is 18.8 Å². The number of para-hydroxylation sites is 1. The highest BCUT2D eigenvalue weighted by Gasteiger charge is 2.36. The van der Waals surface area contributed by atoms with E-state index in [1.165, 1.54) is 6.26 Å². The van der Waals surface area contributed by atoms with Crippen LogP contribution >= 0.6 is 11.6 Å². The highest BCUT2D eigenvalue weighted by molar-refractivity contribution is 6.31. The molecule has 8 heteroatoms. The summed E-state index contributed by atoms with van der Waals surface area (Å²) in [4.78, 5) is 39.8. The molecule has 1 fully saturated rings. The Kier molecular flexibility index (Phi) is 6.28. The maximum atomic E-state index is 12.9. The van der Waals surface area contributed by atoms with Crippen LogP contribution in [0.2, 0.25) is 5.02 Å². The fourth-order valence-electron chi connectivity index (χ4n) is 3.71. The van der Waals surface area contributed by atoms with Gasteiger partial charge in [-0.1, -0.05) is 29.8 Å². The third kappa shape index (κ3) is 4.53. The molecule has 4 rings (SSSR count). The van der Waals surface area contributed by atoms with Crippen molar-refractivity contribution in [3.63, 3.8) is 0 Å². The molecular weight excluding hydrogens is 430 g/mol. The maximum absolute atomic E-state index is 12.9. The second-order valence-electron chi connectivity index (χ2n) is 7.59. The first-order valence-electron chi connectivity index (χ1n) is 10.2. The zero-order chi connectivity index (χ0) is 22.7. The monoisotopic (exact) mass is 451 g/mol. The van der Waals surface area contributed by atoms with E-state index < -0.39 is 5.92 Å². The van der Waals surface area contributed by atoms with Gasteiger partial charge in [-0.3, -0.25) is 14.4 Å². The lowest BCUT2D eigenvalue weighted by molar-refractivity contribution is -0.122. The first kappa shape index (κ1) is 21.6. The summed E-state index contributed by atoms with van der Waals surface area (Å²) in [5, 5.41) is 6.16. The molecule has 32 heavy (non-hydrogen) atoms. The summed E-state index contributed by atoms with van der Waals surface area (Å²) in [7, 11) is 0. The van der Waals surface area contributed by atoms with Crippen LogP contribution in [0.3, 0.4) is 0 Å². The van der Waals surface area contributed by atoms with Crippen molar-refractivity contribution in [2.24, 2.45) is 5.92 Å². The van der Waals surface area contributed by atoms with Crippen LogP contribution in [-0.2, 0) is 16.1 Å². The normalized spacial score (nSPS) is 15.6. The van der Waals surface area contributed by atoms with E-state index in [2.05, 4.69) is 10.6 Å². The Morgan fingerprint density at radius 2 is 1.94 bits per heavy atom. The van der Waals surface area contributed by atoms with Gasteiger partial charge in [0.15, 0.2) is 0 Å². The summed E-state index contributed by atoms with van der Waals surface area (Å²) < 4.78 is 5.23. The van der Waals surface area contributed by atoms with Crippen molar-refractivity contribution in [3.8, 4) is 0 Å². The van der Waals surface area contributed by atoms with Crippen molar-refractivity contribution in [1.29, 1.82) is 0 Å². The maximum Gasteiger partial charge on any atom is 0.253 e.